The number of imidazole rings is 1. The summed E-state index contributed by atoms with van der Waals surface area (Å²) in [6.07, 6.45) is 6.63. The molecule has 220 valence electrons. The zero-order valence-corrected chi connectivity index (χ0v) is 23.8. The highest BCUT2D eigenvalue weighted by molar-refractivity contribution is 5.94. The topological polar surface area (TPSA) is 80.2 Å². The maximum absolute atomic E-state index is 14.4. The molecule has 0 unspecified atom stereocenters. The first-order valence-electron chi connectivity index (χ1n) is 14.5. The second-order valence-electron chi connectivity index (χ2n) is 10.6. The summed E-state index contributed by atoms with van der Waals surface area (Å²) in [7, 11) is 0. The molecular weight excluding hydrogens is 536 g/mol. The van der Waals surface area contributed by atoms with E-state index in [1.54, 1.807) is 12.5 Å². The minimum absolute atomic E-state index is 0.0743. The maximum atomic E-state index is 14.4. The molecule has 9 heteroatoms. The van der Waals surface area contributed by atoms with Crippen molar-refractivity contribution in [1.82, 2.24) is 20.2 Å². The molecule has 0 saturated carbocycles. The molecule has 0 spiro atoms. The van der Waals surface area contributed by atoms with Gasteiger partial charge in [-0.1, -0.05) is 49.7 Å². The highest BCUT2D eigenvalue weighted by Crippen LogP contribution is 2.26. The lowest BCUT2D eigenvalue weighted by Crippen LogP contribution is -2.48. The molecule has 2 atom stereocenters. The molecule has 0 saturated heterocycles. The Bertz CT molecular complexity index is 1480. The number of aryl methyl sites for hydroxylation is 1. The smallest absolute Gasteiger partial charge is 0.242 e. The third-order valence-corrected chi connectivity index (χ3v) is 7.51. The second kappa shape index (κ2) is 14.2. The standard InChI is InChI=1S/C33H37F2N5O2/c1-2-8-30(38-26-14-13-23-17-25(34)18-29(35)28(23)19-26)33(41)39-32-21-40(22-37-32)31-12-7-6-9-24(31)20-36-15-16-42-27-10-4-3-5-11-27/h3-7,9-12,17-18,21-22,26,30,36,38H,2,8,13-16,19-20H2,1H3,(H,39,41)/t26-,30+/m0/s1. The largest absolute Gasteiger partial charge is 0.492 e. The predicted octanol–water partition coefficient (Wildman–Crippen LogP) is 5.57. The van der Waals surface area contributed by atoms with Gasteiger partial charge in [-0.05, 0) is 66.6 Å². The Kier molecular flexibility index (Phi) is 9.94. The Morgan fingerprint density at radius 2 is 1.93 bits per heavy atom. The summed E-state index contributed by atoms with van der Waals surface area (Å²) < 4.78 is 35.7. The van der Waals surface area contributed by atoms with Crippen LogP contribution in [0.4, 0.5) is 14.6 Å². The Labute approximate surface area is 245 Å². The van der Waals surface area contributed by atoms with Gasteiger partial charge in [0.2, 0.25) is 5.91 Å². The van der Waals surface area contributed by atoms with Crippen LogP contribution in [-0.2, 0) is 24.2 Å². The second-order valence-corrected chi connectivity index (χ2v) is 10.6. The number of amides is 1. The van der Waals surface area contributed by atoms with Crippen molar-refractivity contribution in [1.29, 1.82) is 0 Å². The van der Waals surface area contributed by atoms with E-state index in [0.717, 1.165) is 29.5 Å². The average Bonchev–Trinajstić information content (AvgIpc) is 3.46. The van der Waals surface area contributed by atoms with Crippen molar-refractivity contribution in [3.8, 4) is 11.4 Å². The first-order chi connectivity index (χ1) is 20.5. The Morgan fingerprint density at radius 1 is 1.12 bits per heavy atom. The summed E-state index contributed by atoms with van der Waals surface area (Å²) in [5, 5.41) is 9.80. The fourth-order valence-corrected chi connectivity index (χ4v) is 5.42. The number of rotatable bonds is 13. The maximum Gasteiger partial charge on any atom is 0.242 e. The van der Waals surface area contributed by atoms with E-state index < -0.39 is 17.7 Å². The van der Waals surface area contributed by atoms with Crippen LogP contribution in [0.5, 0.6) is 5.75 Å². The summed E-state index contributed by atoms with van der Waals surface area (Å²) in [5.74, 6) is 0.0548. The van der Waals surface area contributed by atoms with Gasteiger partial charge in [-0.15, -0.1) is 0 Å². The van der Waals surface area contributed by atoms with Crippen molar-refractivity contribution in [2.75, 3.05) is 18.5 Å². The molecule has 42 heavy (non-hydrogen) atoms. The van der Waals surface area contributed by atoms with Gasteiger partial charge in [0.1, 0.15) is 30.3 Å². The molecule has 0 radical (unpaired) electrons. The number of benzene rings is 3. The van der Waals surface area contributed by atoms with Crippen molar-refractivity contribution in [3.63, 3.8) is 0 Å². The van der Waals surface area contributed by atoms with Crippen LogP contribution in [0.3, 0.4) is 0 Å². The van der Waals surface area contributed by atoms with Gasteiger partial charge in [0.25, 0.3) is 0 Å². The molecule has 1 aromatic heterocycles. The number of hydrogen-bond donors (Lipinski definition) is 3. The number of carbonyl (C=O) groups excluding carboxylic acids is 1. The number of hydrogen-bond acceptors (Lipinski definition) is 5. The summed E-state index contributed by atoms with van der Waals surface area (Å²) >= 11 is 0. The lowest BCUT2D eigenvalue weighted by molar-refractivity contribution is -0.118. The SMILES string of the molecule is CCC[C@@H](N[C@H]1CCc2cc(F)cc(F)c2C1)C(=O)Nc1cn(-c2ccccc2CNCCOc2ccccc2)cn1. The van der Waals surface area contributed by atoms with E-state index in [1.165, 1.54) is 6.07 Å². The fraction of sp³-hybridized carbons (Fsp3) is 0.333. The molecular formula is C33H37F2N5O2. The Balaban J connectivity index is 1.17. The monoisotopic (exact) mass is 573 g/mol. The molecule has 0 bridgehead atoms. The van der Waals surface area contributed by atoms with E-state index in [-0.39, 0.29) is 11.9 Å². The van der Waals surface area contributed by atoms with Crippen molar-refractivity contribution in [2.45, 2.75) is 57.7 Å². The van der Waals surface area contributed by atoms with E-state index >= 15 is 0 Å². The highest BCUT2D eigenvalue weighted by atomic mass is 19.1. The number of fused-ring (bicyclic) bond motifs is 1. The van der Waals surface area contributed by atoms with Crippen LogP contribution in [-0.4, -0.2) is 40.7 Å². The molecule has 3 aromatic carbocycles. The fourth-order valence-electron chi connectivity index (χ4n) is 5.42. The van der Waals surface area contributed by atoms with Gasteiger partial charge in [-0.25, -0.2) is 13.8 Å². The number of aromatic nitrogens is 2. The first-order valence-corrected chi connectivity index (χ1v) is 14.5. The first kappa shape index (κ1) is 29.4. The highest BCUT2D eigenvalue weighted by Gasteiger charge is 2.27. The lowest BCUT2D eigenvalue weighted by atomic mass is 9.87. The van der Waals surface area contributed by atoms with Gasteiger partial charge in [-0.3, -0.25) is 4.79 Å². The van der Waals surface area contributed by atoms with E-state index in [1.807, 2.05) is 60.0 Å². The van der Waals surface area contributed by atoms with Crippen molar-refractivity contribution < 1.29 is 18.3 Å². The van der Waals surface area contributed by atoms with Gasteiger partial charge in [0, 0.05) is 25.2 Å². The summed E-state index contributed by atoms with van der Waals surface area (Å²) in [6.45, 7) is 3.92. The van der Waals surface area contributed by atoms with Crippen LogP contribution < -0.4 is 20.7 Å². The van der Waals surface area contributed by atoms with E-state index in [4.69, 9.17) is 4.74 Å². The zero-order chi connectivity index (χ0) is 29.3. The van der Waals surface area contributed by atoms with Gasteiger partial charge >= 0.3 is 0 Å². The minimum atomic E-state index is -0.548. The molecule has 0 aliphatic heterocycles. The van der Waals surface area contributed by atoms with Gasteiger partial charge < -0.3 is 25.3 Å². The van der Waals surface area contributed by atoms with Crippen molar-refractivity contribution in [2.24, 2.45) is 0 Å². The average molecular weight is 574 g/mol. The number of nitrogens with zero attached hydrogens (tertiary/aromatic N) is 2. The molecule has 1 heterocycles. The van der Waals surface area contributed by atoms with E-state index in [0.29, 0.717) is 62.3 Å². The van der Waals surface area contributed by atoms with Crippen LogP contribution in [0.25, 0.3) is 5.69 Å². The quantitative estimate of drug-likeness (QED) is 0.182. The predicted molar refractivity (Wildman–Crippen MR) is 160 cm³/mol. The Morgan fingerprint density at radius 3 is 2.76 bits per heavy atom. The van der Waals surface area contributed by atoms with Crippen LogP contribution in [0, 0.1) is 11.6 Å². The number of nitrogens with one attached hydrogen (secondary N) is 3. The third-order valence-electron chi connectivity index (χ3n) is 7.51. The number of carbonyl (C=O) groups is 1. The van der Waals surface area contributed by atoms with Gasteiger partial charge in [-0.2, -0.15) is 0 Å². The van der Waals surface area contributed by atoms with Gasteiger partial charge in [0.15, 0.2) is 5.82 Å². The molecule has 3 N–H and O–H groups in total. The Hall–Kier alpha value is -4.08. The van der Waals surface area contributed by atoms with Crippen molar-refractivity contribution in [3.05, 3.63) is 108 Å². The van der Waals surface area contributed by atoms with Crippen LogP contribution in [0.1, 0.15) is 42.9 Å². The molecule has 5 rings (SSSR count). The molecule has 4 aromatic rings. The third kappa shape index (κ3) is 7.60. The van der Waals surface area contributed by atoms with Gasteiger partial charge in [0.05, 0.1) is 17.9 Å². The normalized spacial score (nSPS) is 15.2. The molecule has 7 nitrogen and oxygen atoms in total. The number of ether oxygens (including phenoxy) is 1. The van der Waals surface area contributed by atoms with Crippen LogP contribution in [0.2, 0.25) is 0 Å². The van der Waals surface area contributed by atoms with E-state index in [2.05, 4.69) is 27.0 Å². The summed E-state index contributed by atoms with van der Waals surface area (Å²) in [5.41, 5.74) is 3.29. The van der Waals surface area contributed by atoms with E-state index in [9.17, 15) is 13.6 Å². The van der Waals surface area contributed by atoms with Crippen molar-refractivity contribution >= 4 is 11.7 Å². The minimum Gasteiger partial charge on any atom is -0.492 e. The molecule has 1 amide bonds. The number of anilines is 1. The van der Waals surface area contributed by atoms with Crippen LogP contribution in [0.15, 0.2) is 79.3 Å². The molecule has 1 aliphatic rings. The van der Waals surface area contributed by atoms with Crippen LogP contribution >= 0.6 is 0 Å². The lowest BCUT2D eigenvalue weighted by Gasteiger charge is -2.29. The number of halogens is 2. The molecule has 1 aliphatic carbocycles. The molecule has 0 fully saturated rings. The zero-order valence-electron chi connectivity index (χ0n) is 23.8. The summed E-state index contributed by atoms with van der Waals surface area (Å²) in [6, 6.07) is 19.6. The number of para-hydroxylation sites is 2. The summed E-state index contributed by atoms with van der Waals surface area (Å²) in [4.78, 5) is 17.7.